The van der Waals surface area contributed by atoms with Crippen LogP contribution in [-0.4, -0.2) is 29.4 Å². The van der Waals surface area contributed by atoms with Gasteiger partial charge in [0.1, 0.15) is 17.8 Å². The summed E-state index contributed by atoms with van der Waals surface area (Å²) in [7, 11) is 0. The van der Waals surface area contributed by atoms with E-state index in [-0.39, 0.29) is 5.75 Å². The average Bonchev–Trinajstić information content (AvgIpc) is 2.56. The predicted molar refractivity (Wildman–Crippen MR) is 105 cm³/mol. The largest absolute Gasteiger partial charge is 0.573 e. The minimum atomic E-state index is -4.72. The van der Waals surface area contributed by atoms with Crippen LogP contribution >= 0.6 is 0 Å². The van der Waals surface area contributed by atoms with Crippen molar-refractivity contribution in [2.75, 3.05) is 29.0 Å². The fourth-order valence-corrected chi connectivity index (χ4v) is 2.74. The van der Waals surface area contributed by atoms with Gasteiger partial charge < -0.3 is 20.7 Å². The highest BCUT2D eigenvalue weighted by atomic mass is 19.4. The molecule has 0 aliphatic carbocycles. The van der Waals surface area contributed by atoms with Gasteiger partial charge in [-0.2, -0.15) is 0 Å². The van der Waals surface area contributed by atoms with Crippen LogP contribution in [0.5, 0.6) is 5.75 Å². The number of nitrogens with two attached hydrogens (primary N) is 1. The number of aromatic nitrogens is 2. The zero-order chi connectivity index (χ0) is 20.9. The Hall–Kier alpha value is -2.71. The highest BCUT2D eigenvalue weighted by Crippen LogP contribution is 2.30. The highest BCUT2D eigenvalue weighted by Gasteiger charge is 2.31. The maximum atomic E-state index is 12.3. The van der Waals surface area contributed by atoms with E-state index in [1.807, 2.05) is 0 Å². The molecule has 0 aliphatic rings. The summed E-state index contributed by atoms with van der Waals surface area (Å²) in [6.07, 6.45) is -3.31. The van der Waals surface area contributed by atoms with Crippen LogP contribution < -0.4 is 20.7 Å². The van der Waals surface area contributed by atoms with E-state index < -0.39 is 6.36 Å². The van der Waals surface area contributed by atoms with E-state index in [0.717, 1.165) is 13.1 Å². The summed E-state index contributed by atoms with van der Waals surface area (Å²) >= 11 is 0. The molecule has 0 bridgehead atoms. The Morgan fingerprint density at radius 1 is 1.04 bits per heavy atom. The van der Waals surface area contributed by atoms with Crippen LogP contribution in [-0.2, 0) is 0 Å². The lowest BCUT2D eigenvalue weighted by molar-refractivity contribution is -0.274. The summed E-state index contributed by atoms with van der Waals surface area (Å²) in [5.74, 6) is 1.58. The van der Waals surface area contributed by atoms with Crippen molar-refractivity contribution in [3.8, 4) is 5.75 Å². The van der Waals surface area contributed by atoms with E-state index in [9.17, 15) is 13.2 Å². The number of rotatable bonds is 8. The fraction of sp³-hybridized carbons (Fsp3) is 0.474. The van der Waals surface area contributed by atoms with E-state index in [1.165, 1.54) is 30.6 Å². The zero-order valence-corrected chi connectivity index (χ0v) is 16.4. The van der Waals surface area contributed by atoms with Crippen LogP contribution in [0.4, 0.5) is 36.2 Å². The summed E-state index contributed by atoms with van der Waals surface area (Å²) in [6, 6.07) is 5.36. The lowest BCUT2D eigenvalue weighted by atomic mass is 10.1. The van der Waals surface area contributed by atoms with Gasteiger partial charge in [-0.3, -0.25) is 0 Å². The number of halogens is 3. The van der Waals surface area contributed by atoms with Gasteiger partial charge in [0, 0.05) is 18.8 Å². The Bertz CT molecular complexity index is 753. The molecule has 0 saturated heterocycles. The molecule has 0 atom stereocenters. The molecule has 0 saturated carbocycles. The van der Waals surface area contributed by atoms with Crippen molar-refractivity contribution in [1.29, 1.82) is 0 Å². The molecule has 1 heterocycles. The molecule has 1 aromatic carbocycles. The van der Waals surface area contributed by atoms with Gasteiger partial charge in [-0.05, 0) is 36.1 Å². The summed E-state index contributed by atoms with van der Waals surface area (Å²) in [4.78, 5) is 10.6. The number of ether oxygens (including phenoxy) is 1. The second kappa shape index (κ2) is 8.99. The van der Waals surface area contributed by atoms with Gasteiger partial charge in [0.25, 0.3) is 0 Å². The molecule has 0 radical (unpaired) electrons. The second-order valence-corrected chi connectivity index (χ2v) is 7.35. The topological polar surface area (TPSA) is 76.3 Å². The normalized spacial score (nSPS) is 11.8. The van der Waals surface area contributed by atoms with Gasteiger partial charge in [0.2, 0.25) is 0 Å². The zero-order valence-electron chi connectivity index (χ0n) is 16.4. The molecule has 28 heavy (non-hydrogen) atoms. The third kappa shape index (κ3) is 6.47. The van der Waals surface area contributed by atoms with E-state index >= 15 is 0 Å². The van der Waals surface area contributed by atoms with Crippen LogP contribution in [0, 0.1) is 11.8 Å². The first-order valence-electron chi connectivity index (χ1n) is 9.03. The van der Waals surface area contributed by atoms with Crippen LogP contribution in [0.2, 0.25) is 0 Å². The molecule has 9 heteroatoms. The van der Waals surface area contributed by atoms with Crippen LogP contribution in [0.3, 0.4) is 0 Å². The number of alkyl halides is 3. The Kier molecular flexibility index (Phi) is 6.93. The number of nitrogens with one attached hydrogen (secondary N) is 1. The van der Waals surface area contributed by atoms with Crippen molar-refractivity contribution in [3.05, 3.63) is 30.6 Å². The molecule has 2 aromatic rings. The Morgan fingerprint density at radius 2 is 1.61 bits per heavy atom. The third-order valence-electron chi connectivity index (χ3n) is 3.68. The molecule has 2 rings (SSSR count). The van der Waals surface area contributed by atoms with Gasteiger partial charge in [-0.15, -0.1) is 13.2 Å². The lowest BCUT2D eigenvalue weighted by Gasteiger charge is -2.28. The lowest BCUT2D eigenvalue weighted by Crippen LogP contribution is -2.32. The van der Waals surface area contributed by atoms with Crippen LogP contribution in [0.15, 0.2) is 30.6 Å². The average molecular weight is 397 g/mol. The number of nitrogen functional groups attached to an aromatic ring is 1. The summed E-state index contributed by atoms with van der Waals surface area (Å²) in [5.41, 5.74) is 7.21. The Balaban J connectivity index is 2.21. The van der Waals surface area contributed by atoms with E-state index in [4.69, 9.17) is 5.73 Å². The number of anilines is 4. The molecule has 0 aliphatic heterocycles. The minimum Gasteiger partial charge on any atom is -0.406 e. The molecule has 0 amide bonds. The molecule has 0 fully saturated rings. The number of hydrogen-bond donors (Lipinski definition) is 2. The predicted octanol–water partition coefficient (Wildman–Crippen LogP) is 4.82. The first kappa shape index (κ1) is 21.6. The molecule has 154 valence electrons. The van der Waals surface area contributed by atoms with Crippen molar-refractivity contribution < 1.29 is 17.9 Å². The molecule has 3 N–H and O–H groups in total. The summed E-state index contributed by atoms with van der Waals surface area (Å²) in [5, 5.41) is 3.02. The molecule has 1 aromatic heterocycles. The van der Waals surface area contributed by atoms with Crippen LogP contribution in [0.25, 0.3) is 0 Å². The first-order chi connectivity index (χ1) is 13.0. The molecule has 0 unspecified atom stereocenters. The van der Waals surface area contributed by atoms with Crippen molar-refractivity contribution in [2.45, 2.75) is 34.1 Å². The van der Waals surface area contributed by atoms with Crippen molar-refractivity contribution in [2.24, 2.45) is 11.8 Å². The first-order valence-corrected chi connectivity index (χ1v) is 9.03. The summed E-state index contributed by atoms with van der Waals surface area (Å²) < 4.78 is 40.7. The maximum absolute atomic E-state index is 12.3. The van der Waals surface area contributed by atoms with E-state index in [0.29, 0.717) is 34.8 Å². The van der Waals surface area contributed by atoms with Crippen LogP contribution in [0.1, 0.15) is 27.7 Å². The third-order valence-corrected chi connectivity index (χ3v) is 3.68. The van der Waals surface area contributed by atoms with Gasteiger partial charge in [0.05, 0.1) is 0 Å². The smallest absolute Gasteiger partial charge is 0.406 e. The maximum Gasteiger partial charge on any atom is 0.573 e. The molecule has 6 nitrogen and oxygen atoms in total. The molecule has 0 spiro atoms. The Labute approximate surface area is 162 Å². The number of nitrogens with zero attached hydrogens (tertiary/aromatic N) is 3. The van der Waals surface area contributed by atoms with Crippen molar-refractivity contribution in [1.82, 2.24) is 9.97 Å². The number of benzene rings is 1. The number of hydrogen-bond acceptors (Lipinski definition) is 6. The molecular formula is C19H26F3N5O. The van der Waals surface area contributed by atoms with Gasteiger partial charge >= 0.3 is 6.36 Å². The van der Waals surface area contributed by atoms with Gasteiger partial charge in [0.15, 0.2) is 11.6 Å². The molecular weight excluding hydrogens is 371 g/mol. The van der Waals surface area contributed by atoms with E-state index in [2.05, 4.69) is 52.6 Å². The fourth-order valence-electron chi connectivity index (χ4n) is 2.74. The standard InChI is InChI=1S/C19H26F3N5O/c1-12(2)9-27(10-13(3)4)18-16(23)17(24-11-25-18)26-14-5-7-15(8-6-14)28-19(20,21)22/h5-8,11-13H,9-10,23H2,1-4H3,(H,24,25,26). The van der Waals surface area contributed by atoms with Gasteiger partial charge in [-0.25, -0.2) is 9.97 Å². The van der Waals surface area contributed by atoms with Gasteiger partial charge in [-0.1, -0.05) is 27.7 Å². The van der Waals surface area contributed by atoms with Crippen molar-refractivity contribution >= 4 is 23.0 Å². The quantitative estimate of drug-likeness (QED) is 0.665. The summed E-state index contributed by atoms with van der Waals surface area (Å²) in [6.45, 7) is 10.1. The SMILES string of the molecule is CC(C)CN(CC(C)C)c1ncnc(Nc2ccc(OC(F)(F)F)cc2)c1N. The second-order valence-electron chi connectivity index (χ2n) is 7.35. The minimum absolute atomic E-state index is 0.297. The van der Waals surface area contributed by atoms with E-state index in [1.54, 1.807) is 0 Å². The van der Waals surface area contributed by atoms with Crippen molar-refractivity contribution in [3.63, 3.8) is 0 Å². The highest BCUT2D eigenvalue weighted by molar-refractivity contribution is 5.78. The Morgan fingerprint density at radius 3 is 2.11 bits per heavy atom. The monoisotopic (exact) mass is 397 g/mol.